The molecule has 0 aliphatic carbocycles. The molecule has 5 heteroatoms. The number of fused-ring (bicyclic) bond motifs is 1. The molecular formula is C15H15FO4. The first-order chi connectivity index (χ1) is 9.58. The van der Waals surface area contributed by atoms with Crippen molar-refractivity contribution in [1.29, 1.82) is 0 Å². The summed E-state index contributed by atoms with van der Waals surface area (Å²) in [7, 11) is 0. The van der Waals surface area contributed by atoms with Gasteiger partial charge in [0.1, 0.15) is 22.9 Å². The van der Waals surface area contributed by atoms with E-state index in [2.05, 4.69) is 0 Å². The van der Waals surface area contributed by atoms with Crippen LogP contribution in [0.5, 0.6) is 0 Å². The van der Waals surface area contributed by atoms with Gasteiger partial charge in [0.15, 0.2) is 0 Å². The topological polar surface area (TPSA) is 56.5 Å². The van der Waals surface area contributed by atoms with Crippen LogP contribution in [0.4, 0.5) is 4.39 Å². The number of carbonyl (C=O) groups excluding carboxylic acids is 2. The van der Waals surface area contributed by atoms with E-state index in [0.29, 0.717) is 23.3 Å². The molecule has 2 aromatic rings. The van der Waals surface area contributed by atoms with Gasteiger partial charge < -0.3 is 9.15 Å². The quantitative estimate of drug-likeness (QED) is 0.762. The predicted octanol–water partition coefficient (Wildman–Crippen LogP) is 3.03. The maximum absolute atomic E-state index is 13.0. The maximum atomic E-state index is 13.0. The highest BCUT2D eigenvalue weighted by Crippen LogP contribution is 2.21. The lowest BCUT2D eigenvalue weighted by Gasteiger charge is -2.00. The van der Waals surface area contributed by atoms with Gasteiger partial charge in [-0.2, -0.15) is 0 Å². The number of hydrogen-bond acceptors (Lipinski definition) is 4. The highest BCUT2D eigenvalue weighted by atomic mass is 19.1. The Morgan fingerprint density at radius 2 is 2.05 bits per heavy atom. The summed E-state index contributed by atoms with van der Waals surface area (Å²) in [6, 6.07) is 5.82. The largest absolute Gasteiger partial charge is 0.466 e. The number of ketones is 1. The molecule has 0 aliphatic rings. The van der Waals surface area contributed by atoms with Gasteiger partial charge in [-0.3, -0.25) is 9.59 Å². The fourth-order valence-corrected chi connectivity index (χ4v) is 1.91. The molecule has 106 valence electrons. The van der Waals surface area contributed by atoms with Crippen molar-refractivity contribution in [2.24, 2.45) is 0 Å². The van der Waals surface area contributed by atoms with Gasteiger partial charge >= 0.3 is 5.97 Å². The van der Waals surface area contributed by atoms with Crippen LogP contribution in [0.15, 0.2) is 28.7 Å². The third-order valence-electron chi connectivity index (χ3n) is 2.81. The Morgan fingerprint density at radius 1 is 1.25 bits per heavy atom. The standard InChI is InChI=1S/C15H15FO4/c1-2-19-15(18)6-4-12(17)9-13-8-10-7-11(16)3-5-14(10)20-13/h3,5,7-8H,2,4,6,9H2,1H3. The van der Waals surface area contributed by atoms with E-state index < -0.39 is 0 Å². The van der Waals surface area contributed by atoms with Crippen LogP contribution < -0.4 is 0 Å². The molecule has 20 heavy (non-hydrogen) atoms. The number of esters is 1. The third kappa shape index (κ3) is 3.66. The summed E-state index contributed by atoms with van der Waals surface area (Å²) >= 11 is 0. The van der Waals surface area contributed by atoms with Gasteiger partial charge in [-0.25, -0.2) is 4.39 Å². The molecule has 0 radical (unpaired) electrons. The molecule has 0 bridgehead atoms. The van der Waals surface area contributed by atoms with Crippen LogP contribution in [0.1, 0.15) is 25.5 Å². The van der Waals surface area contributed by atoms with E-state index in [-0.39, 0.29) is 36.8 Å². The zero-order valence-corrected chi connectivity index (χ0v) is 11.1. The zero-order valence-electron chi connectivity index (χ0n) is 11.1. The fraction of sp³-hybridized carbons (Fsp3) is 0.333. The van der Waals surface area contributed by atoms with Crippen molar-refractivity contribution < 1.29 is 23.1 Å². The summed E-state index contributed by atoms with van der Waals surface area (Å²) in [5.74, 6) is -0.372. The molecule has 0 spiro atoms. The number of Topliss-reactive ketones (excluding diaryl/α,β-unsaturated/α-hetero) is 1. The molecule has 0 aliphatic heterocycles. The van der Waals surface area contributed by atoms with Gasteiger partial charge in [-0.15, -0.1) is 0 Å². The maximum Gasteiger partial charge on any atom is 0.306 e. The first-order valence-corrected chi connectivity index (χ1v) is 6.43. The number of furan rings is 1. The van der Waals surface area contributed by atoms with Crippen LogP contribution in [0.25, 0.3) is 11.0 Å². The SMILES string of the molecule is CCOC(=O)CCC(=O)Cc1cc2cc(F)ccc2o1. The predicted molar refractivity (Wildman–Crippen MR) is 70.8 cm³/mol. The molecule has 0 saturated heterocycles. The average Bonchev–Trinajstić information content (AvgIpc) is 2.78. The molecule has 1 aromatic carbocycles. The van der Waals surface area contributed by atoms with E-state index in [1.165, 1.54) is 18.2 Å². The number of ether oxygens (including phenoxy) is 1. The Bertz CT molecular complexity index is 630. The number of carbonyl (C=O) groups is 2. The summed E-state index contributed by atoms with van der Waals surface area (Å²) in [4.78, 5) is 22.9. The molecule has 4 nitrogen and oxygen atoms in total. The van der Waals surface area contributed by atoms with Gasteiger partial charge in [-0.1, -0.05) is 0 Å². The van der Waals surface area contributed by atoms with E-state index in [1.54, 1.807) is 13.0 Å². The van der Waals surface area contributed by atoms with Gasteiger partial charge in [0.2, 0.25) is 0 Å². The van der Waals surface area contributed by atoms with Crippen LogP contribution in [-0.2, 0) is 20.7 Å². The molecule has 0 unspecified atom stereocenters. The summed E-state index contributed by atoms with van der Waals surface area (Å²) < 4.78 is 23.2. The van der Waals surface area contributed by atoms with Crippen molar-refractivity contribution in [2.45, 2.75) is 26.2 Å². The van der Waals surface area contributed by atoms with Gasteiger partial charge in [0.25, 0.3) is 0 Å². The average molecular weight is 278 g/mol. The summed E-state index contributed by atoms with van der Waals surface area (Å²) in [6.07, 6.45) is 0.279. The van der Waals surface area contributed by atoms with E-state index in [0.717, 1.165) is 0 Å². The number of hydrogen-bond donors (Lipinski definition) is 0. The number of halogens is 1. The van der Waals surface area contributed by atoms with Crippen molar-refractivity contribution in [3.05, 3.63) is 35.8 Å². The van der Waals surface area contributed by atoms with Crippen molar-refractivity contribution in [2.75, 3.05) is 6.61 Å². The number of benzene rings is 1. The second kappa shape index (κ2) is 6.32. The van der Waals surface area contributed by atoms with Crippen molar-refractivity contribution in [1.82, 2.24) is 0 Å². The highest BCUT2D eigenvalue weighted by molar-refractivity contribution is 5.86. The van der Waals surface area contributed by atoms with Gasteiger partial charge in [0, 0.05) is 11.8 Å². The van der Waals surface area contributed by atoms with Crippen molar-refractivity contribution in [3.8, 4) is 0 Å². The first kappa shape index (κ1) is 14.2. The Hall–Kier alpha value is -2.17. The molecule has 0 N–H and O–H groups in total. The van der Waals surface area contributed by atoms with Crippen molar-refractivity contribution >= 4 is 22.7 Å². The van der Waals surface area contributed by atoms with E-state index >= 15 is 0 Å². The molecule has 0 atom stereocenters. The lowest BCUT2D eigenvalue weighted by atomic mass is 10.1. The highest BCUT2D eigenvalue weighted by Gasteiger charge is 2.12. The van der Waals surface area contributed by atoms with Crippen LogP contribution in [0.3, 0.4) is 0 Å². The van der Waals surface area contributed by atoms with Crippen LogP contribution >= 0.6 is 0 Å². The molecule has 0 amide bonds. The second-order valence-electron chi connectivity index (χ2n) is 4.42. The summed E-state index contributed by atoms with van der Waals surface area (Å²) in [5, 5.41) is 0.623. The Kier molecular flexibility index (Phi) is 4.50. The minimum Gasteiger partial charge on any atom is -0.466 e. The molecule has 0 fully saturated rings. The lowest BCUT2D eigenvalue weighted by molar-refractivity contribution is -0.144. The minimum absolute atomic E-state index is 0.0710. The monoisotopic (exact) mass is 278 g/mol. The Morgan fingerprint density at radius 3 is 2.80 bits per heavy atom. The van der Waals surface area contributed by atoms with Crippen LogP contribution in [0, 0.1) is 5.82 Å². The molecule has 1 aromatic heterocycles. The molecule has 1 heterocycles. The fourth-order valence-electron chi connectivity index (χ4n) is 1.91. The second-order valence-corrected chi connectivity index (χ2v) is 4.42. The zero-order chi connectivity index (χ0) is 14.5. The third-order valence-corrected chi connectivity index (χ3v) is 2.81. The summed E-state index contributed by atoms with van der Waals surface area (Å²) in [5.41, 5.74) is 0.541. The smallest absolute Gasteiger partial charge is 0.306 e. The van der Waals surface area contributed by atoms with Crippen LogP contribution in [0.2, 0.25) is 0 Å². The number of rotatable bonds is 6. The van der Waals surface area contributed by atoms with Gasteiger partial charge in [-0.05, 0) is 31.2 Å². The van der Waals surface area contributed by atoms with Gasteiger partial charge in [0.05, 0.1) is 19.4 Å². The van der Waals surface area contributed by atoms with Crippen molar-refractivity contribution in [3.63, 3.8) is 0 Å². The van der Waals surface area contributed by atoms with E-state index in [1.807, 2.05) is 0 Å². The normalized spacial score (nSPS) is 10.7. The molecule has 2 rings (SSSR count). The minimum atomic E-state index is -0.382. The summed E-state index contributed by atoms with van der Waals surface area (Å²) in [6.45, 7) is 2.02. The van der Waals surface area contributed by atoms with E-state index in [9.17, 15) is 14.0 Å². The first-order valence-electron chi connectivity index (χ1n) is 6.43. The molecule has 0 saturated carbocycles. The van der Waals surface area contributed by atoms with Crippen LogP contribution in [-0.4, -0.2) is 18.4 Å². The van der Waals surface area contributed by atoms with E-state index in [4.69, 9.17) is 9.15 Å². The molecular weight excluding hydrogens is 263 g/mol. The lowest BCUT2D eigenvalue weighted by Crippen LogP contribution is -2.09. The Labute approximate surface area is 115 Å². The Balaban J connectivity index is 1.94.